The summed E-state index contributed by atoms with van der Waals surface area (Å²) < 4.78 is 0. The first-order valence-electron chi connectivity index (χ1n) is 7.34. The Balaban J connectivity index is 2.41. The Bertz CT molecular complexity index is 205. The molecule has 1 aliphatic carbocycles. The largest absolute Gasteiger partial charge is 0.314 e. The van der Waals surface area contributed by atoms with Gasteiger partial charge in [0, 0.05) is 19.1 Å². The zero-order chi connectivity index (χ0) is 12.9. The fraction of sp³-hybridized carbons (Fsp3) is 1.00. The Morgan fingerprint density at radius 1 is 1.18 bits per heavy atom. The molecule has 2 heteroatoms. The smallest absolute Gasteiger partial charge is 0.0107 e. The Labute approximate surface area is 108 Å². The van der Waals surface area contributed by atoms with Crippen molar-refractivity contribution in [3.63, 3.8) is 0 Å². The lowest BCUT2D eigenvalue weighted by atomic mass is 9.83. The normalized spacial score (nSPS) is 26.5. The van der Waals surface area contributed by atoms with Crippen molar-refractivity contribution in [2.45, 2.75) is 59.4 Å². The van der Waals surface area contributed by atoms with E-state index < -0.39 is 0 Å². The molecule has 102 valence electrons. The highest BCUT2D eigenvalue weighted by molar-refractivity contribution is 4.83. The second-order valence-electron chi connectivity index (χ2n) is 6.97. The van der Waals surface area contributed by atoms with Crippen molar-refractivity contribution in [3.05, 3.63) is 0 Å². The predicted molar refractivity (Wildman–Crippen MR) is 76.4 cm³/mol. The van der Waals surface area contributed by atoms with Crippen LogP contribution in [0.5, 0.6) is 0 Å². The highest BCUT2D eigenvalue weighted by Crippen LogP contribution is 2.26. The summed E-state index contributed by atoms with van der Waals surface area (Å²) in [5.74, 6) is 0.857. The van der Waals surface area contributed by atoms with Gasteiger partial charge in [0.25, 0.3) is 0 Å². The maximum atomic E-state index is 3.68. The van der Waals surface area contributed by atoms with E-state index in [0.717, 1.165) is 18.5 Å². The summed E-state index contributed by atoms with van der Waals surface area (Å²) >= 11 is 0. The van der Waals surface area contributed by atoms with E-state index in [4.69, 9.17) is 0 Å². The number of hydrogen-bond donors (Lipinski definition) is 1. The lowest BCUT2D eigenvalue weighted by molar-refractivity contribution is 0.156. The highest BCUT2D eigenvalue weighted by Gasteiger charge is 2.26. The van der Waals surface area contributed by atoms with Gasteiger partial charge < -0.3 is 10.2 Å². The first-order chi connectivity index (χ1) is 7.92. The van der Waals surface area contributed by atoms with Gasteiger partial charge in [-0.2, -0.15) is 0 Å². The van der Waals surface area contributed by atoms with Gasteiger partial charge in [-0.25, -0.2) is 0 Å². The molecule has 0 amide bonds. The molecule has 2 unspecified atom stereocenters. The molecule has 0 radical (unpaired) electrons. The molecule has 0 spiro atoms. The Kier molecular flexibility index (Phi) is 5.94. The molecule has 0 aromatic rings. The van der Waals surface area contributed by atoms with Crippen molar-refractivity contribution < 1.29 is 0 Å². The van der Waals surface area contributed by atoms with Crippen molar-refractivity contribution in [2.24, 2.45) is 11.3 Å². The first kappa shape index (κ1) is 15.0. The van der Waals surface area contributed by atoms with E-state index in [0.29, 0.717) is 5.41 Å². The summed E-state index contributed by atoms with van der Waals surface area (Å²) in [7, 11) is 2.28. The van der Waals surface area contributed by atoms with E-state index in [9.17, 15) is 0 Å². The Hall–Kier alpha value is -0.0800. The molecule has 17 heavy (non-hydrogen) atoms. The van der Waals surface area contributed by atoms with Crippen molar-refractivity contribution in [1.29, 1.82) is 0 Å². The van der Waals surface area contributed by atoms with Crippen LogP contribution in [0.1, 0.15) is 53.4 Å². The van der Waals surface area contributed by atoms with Gasteiger partial charge in [-0.05, 0) is 37.8 Å². The van der Waals surface area contributed by atoms with Gasteiger partial charge in [0.2, 0.25) is 0 Å². The van der Waals surface area contributed by atoms with Crippen LogP contribution >= 0.6 is 0 Å². The second kappa shape index (κ2) is 6.75. The molecule has 2 atom stereocenters. The first-order valence-corrected chi connectivity index (χ1v) is 7.34. The topological polar surface area (TPSA) is 15.3 Å². The third-order valence-corrected chi connectivity index (χ3v) is 3.67. The van der Waals surface area contributed by atoms with E-state index in [1.165, 1.54) is 38.8 Å². The summed E-state index contributed by atoms with van der Waals surface area (Å²) in [5, 5.41) is 3.68. The Morgan fingerprint density at radius 3 is 2.41 bits per heavy atom. The summed E-state index contributed by atoms with van der Waals surface area (Å²) in [4.78, 5) is 2.53. The number of rotatable bonds is 5. The molecule has 0 heterocycles. The monoisotopic (exact) mass is 240 g/mol. The molecule has 0 aromatic carbocycles. The van der Waals surface area contributed by atoms with Crippen LogP contribution in [0.15, 0.2) is 0 Å². The van der Waals surface area contributed by atoms with Gasteiger partial charge in [-0.1, -0.05) is 40.5 Å². The van der Waals surface area contributed by atoms with Crippen molar-refractivity contribution in [1.82, 2.24) is 10.2 Å². The van der Waals surface area contributed by atoms with Crippen LogP contribution in [0.2, 0.25) is 0 Å². The molecule has 1 aliphatic rings. The quantitative estimate of drug-likeness (QED) is 0.794. The molecular weight excluding hydrogens is 208 g/mol. The number of nitrogens with zero attached hydrogens (tertiary/aromatic N) is 1. The molecule has 0 saturated heterocycles. The van der Waals surface area contributed by atoms with Crippen LogP contribution in [0, 0.1) is 11.3 Å². The van der Waals surface area contributed by atoms with Gasteiger partial charge in [-0.15, -0.1) is 0 Å². The molecule has 1 N–H and O–H groups in total. The van der Waals surface area contributed by atoms with Crippen LogP contribution in [0.4, 0.5) is 0 Å². The van der Waals surface area contributed by atoms with E-state index >= 15 is 0 Å². The summed E-state index contributed by atoms with van der Waals surface area (Å²) in [6.07, 6.45) is 5.63. The third-order valence-electron chi connectivity index (χ3n) is 3.67. The van der Waals surface area contributed by atoms with E-state index in [-0.39, 0.29) is 0 Å². The molecule has 2 nitrogen and oxygen atoms in total. The minimum absolute atomic E-state index is 0.414. The van der Waals surface area contributed by atoms with Crippen LogP contribution in [-0.4, -0.2) is 37.6 Å². The minimum atomic E-state index is 0.414. The molecule has 1 fully saturated rings. The molecule has 1 rings (SSSR count). The van der Waals surface area contributed by atoms with Gasteiger partial charge in [0.05, 0.1) is 0 Å². The van der Waals surface area contributed by atoms with Crippen LogP contribution < -0.4 is 5.32 Å². The standard InChI is InChI=1S/C15H32N2/c1-6-16-14-10-8-7-9-13(14)11-17(5)12-15(2,3)4/h13-14,16H,6-12H2,1-5H3. The second-order valence-corrected chi connectivity index (χ2v) is 6.97. The van der Waals surface area contributed by atoms with E-state index in [1.54, 1.807) is 0 Å². The zero-order valence-corrected chi connectivity index (χ0v) is 12.6. The van der Waals surface area contributed by atoms with Crippen LogP contribution in [0.3, 0.4) is 0 Å². The maximum Gasteiger partial charge on any atom is 0.0107 e. The van der Waals surface area contributed by atoms with Crippen molar-refractivity contribution in [3.8, 4) is 0 Å². The van der Waals surface area contributed by atoms with Crippen molar-refractivity contribution in [2.75, 3.05) is 26.7 Å². The molecule has 1 saturated carbocycles. The molecule has 0 aromatic heterocycles. The fourth-order valence-corrected chi connectivity index (χ4v) is 3.23. The maximum absolute atomic E-state index is 3.68. The SMILES string of the molecule is CCNC1CCCCC1CN(C)CC(C)(C)C. The average Bonchev–Trinajstić information content (AvgIpc) is 2.18. The minimum Gasteiger partial charge on any atom is -0.314 e. The van der Waals surface area contributed by atoms with E-state index in [1.807, 2.05) is 0 Å². The van der Waals surface area contributed by atoms with E-state index in [2.05, 4.69) is 45.0 Å². The van der Waals surface area contributed by atoms with Crippen LogP contribution in [0.25, 0.3) is 0 Å². The zero-order valence-electron chi connectivity index (χ0n) is 12.6. The van der Waals surface area contributed by atoms with Gasteiger partial charge >= 0.3 is 0 Å². The lowest BCUT2D eigenvalue weighted by Crippen LogP contribution is -2.44. The summed E-state index contributed by atoms with van der Waals surface area (Å²) in [5.41, 5.74) is 0.414. The lowest BCUT2D eigenvalue weighted by Gasteiger charge is -2.36. The van der Waals surface area contributed by atoms with Gasteiger partial charge in [0.1, 0.15) is 0 Å². The van der Waals surface area contributed by atoms with Gasteiger partial charge in [-0.3, -0.25) is 0 Å². The fourth-order valence-electron chi connectivity index (χ4n) is 3.23. The molecule has 0 aliphatic heterocycles. The number of nitrogens with one attached hydrogen (secondary N) is 1. The van der Waals surface area contributed by atoms with Crippen LogP contribution in [-0.2, 0) is 0 Å². The predicted octanol–water partition coefficient (Wildman–Crippen LogP) is 3.13. The summed E-state index contributed by atoms with van der Waals surface area (Å²) in [6, 6.07) is 0.760. The molecule has 0 bridgehead atoms. The molecular formula is C15H32N2. The highest BCUT2D eigenvalue weighted by atomic mass is 15.1. The van der Waals surface area contributed by atoms with Crippen molar-refractivity contribution >= 4 is 0 Å². The average molecular weight is 240 g/mol. The Morgan fingerprint density at radius 2 is 1.82 bits per heavy atom. The third kappa shape index (κ3) is 5.87. The summed E-state index contributed by atoms with van der Waals surface area (Å²) in [6.45, 7) is 12.8. The number of hydrogen-bond acceptors (Lipinski definition) is 2. The van der Waals surface area contributed by atoms with Gasteiger partial charge in [0.15, 0.2) is 0 Å².